The summed E-state index contributed by atoms with van der Waals surface area (Å²) >= 11 is 3.76. The maximum Gasteiger partial charge on any atom is 0.266 e. The molecule has 0 fully saturated rings. The van der Waals surface area contributed by atoms with Crippen molar-refractivity contribution in [3.63, 3.8) is 0 Å². The first-order valence-electron chi connectivity index (χ1n) is 7.53. The van der Waals surface area contributed by atoms with E-state index in [9.17, 15) is 4.79 Å². The van der Waals surface area contributed by atoms with E-state index in [-0.39, 0.29) is 5.56 Å². The van der Waals surface area contributed by atoms with Gasteiger partial charge in [0.1, 0.15) is 0 Å². The fourth-order valence-corrected chi connectivity index (χ4v) is 3.79. The molecular weight excluding hydrogens is 431 g/mol. The van der Waals surface area contributed by atoms with Crippen LogP contribution in [0, 0.1) is 10.5 Å². The van der Waals surface area contributed by atoms with Gasteiger partial charge >= 0.3 is 0 Å². The van der Waals surface area contributed by atoms with E-state index in [1.165, 1.54) is 0 Å². The molecular formula is C19H17IN2OS. The second-order valence-electron chi connectivity index (χ2n) is 5.73. The van der Waals surface area contributed by atoms with Crippen molar-refractivity contribution in [1.82, 2.24) is 9.55 Å². The number of hydrogen-bond donors (Lipinski definition) is 0. The van der Waals surface area contributed by atoms with E-state index >= 15 is 0 Å². The van der Waals surface area contributed by atoms with Crippen LogP contribution in [0.2, 0.25) is 0 Å². The van der Waals surface area contributed by atoms with Crippen LogP contribution in [-0.4, -0.2) is 15.3 Å². The van der Waals surface area contributed by atoms with Crippen LogP contribution >= 0.6 is 34.4 Å². The summed E-state index contributed by atoms with van der Waals surface area (Å²) in [6, 6.07) is 13.7. The van der Waals surface area contributed by atoms with Gasteiger partial charge in [-0.05, 0) is 66.3 Å². The molecule has 0 atom stereocenters. The SMILES string of the molecule is C=C(C)CSc1nc2ccc(I)cc2c(=O)n1-c1ccccc1C. The largest absolute Gasteiger partial charge is 0.268 e. The van der Waals surface area contributed by atoms with E-state index in [2.05, 4.69) is 29.2 Å². The van der Waals surface area contributed by atoms with Gasteiger partial charge < -0.3 is 0 Å². The summed E-state index contributed by atoms with van der Waals surface area (Å²) in [4.78, 5) is 17.9. The number of hydrogen-bond acceptors (Lipinski definition) is 3. The van der Waals surface area contributed by atoms with Crippen molar-refractivity contribution < 1.29 is 0 Å². The number of benzene rings is 2. The number of rotatable bonds is 4. The third-order valence-electron chi connectivity index (χ3n) is 3.60. The fourth-order valence-electron chi connectivity index (χ4n) is 2.45. The van der Waals surface area contributed by atoms with E-state index < -0.39 is 0 Å². The zero-order valence-corrected chi connectivity index (χ0v) is 16.5. The lowest BCUT2D eigenvalue weighted by Gasteiger charge is -2.15. The van der Waals surface area contributed by atoms with Crippen molar-refractivity contribution in [2.45, 2.75) is 19.0 Å². The van der Waals surface area contributed by atoms with Gasteiger partial charge in [-0.2, -0.15) is 0 Å². The van der Waals surface area contributed by atoms with Crippen LogP contribution in [0.3, 0.4) is 0 Å². The molecule has 3 nitrogen and oxygen atoms in total. The quantitative estimate of drug-likeness (QED) is 0.245. The summed E-state index contributed by atoms with van der Waals surface area (Å²) in [6.07, 6.45) is 0. The van der Waals surface area contributed by atoms with Gasteiger partial charge in [-0.3, -0.25) is 9.36 Å². The minimum atomic E-state index is -0.0305. The van der Waals surface area contributed by atoms with Gasteiger partial charge in [0.15, 0.2) is 5.16 Å². The molecule has 122 valence electrons. The van der Waals surface area contributed by atoms with E-state index in [1.54, 1.807) is 16.3 Å². The summed E-state index contributed by atoms with van der Waals surface area (Å²) < 4.78 is 2.75. The topological polar surface area (TPSA) is 34.9 Å². The molecule has 0 aliphatic heterocycles. The van der Waals surface area contributed by atoms with E-state index in [1.807, 2.05) is 56.3 Å². The maximum absolute atomic E-state index is 13.2. The van der Waals surface area contributed by atoms with Crippen molar-refractivity contribution >= 4 is 45.3 Å². The van der Waals surface area contributed by atoms with Crippen LogP contribution in [0.15, 0.2) is 64.6 Å². The molecule has 0 aliphatic rings. The summed E-state index contributed by atoms with van der Waals surface area (Å²) in [5, 5.41) is 1.34. The molecule has 0 radical (unpaired) electrons. The maximum atomic E-state index is 13.2. The lowest BCUT2D eigenvalue weighted by Crippen LogP contribution is -2.22. The Hall–Kier alpha value is -1.60. The summed E-state index contributed by atoms with van der Waals surface area (Å²) in [5.41, 5.74) is 3.67. The number of aryl methyl sites for hydroxylation is 1. The smallest absolute Gasteiger partial charge is 0.266 e. The van der Waals surface area contributed by atoms with Crippen molar-refractivity contribution in [3.8, 4) is 5.69 Å². The Balaban J connectivity index is 2.32. The van der Waals surface area contributed by atoms with Crippen LogP contribution in [0.1, 0.15) is 12.5 Å². The molecule has 0 N–H and O–H groups in total. The predicted octanol–water partition coefficient (Wildman–Crippen LogP) is 4.97. The molecule has 3 rings (SSSR count). The lowest BCUT2D eigenvalue weighted by molar-refractivity contribution is 0.815. The molecule has 0 bridgehead atoms. The number of halogens is 1. The Morgan fingerprint density at radius 2 is 2.04 bits per heavy atom. The molecule has 5 heteroatoms. The Kier molecular flexibility index (Phi) is 5.10. The first-order valence-corrected chi connectivity index (χ1v) is 9.59. The van der Waals surface area contributed by atoms with Gasteiger partial charge in [-0.25, -0.2) is 4.98 Å². The number of thioether (sulfide) groups is 1. The second-order valence-corrected chi connectivity index (χ2v) is 7.92. The van der Waals surface area contributed by atoms with Crippen LogP contribution in [-0.2, 0) is 0 Å². The Bertz CT molecular complexity index is 994. The molecule has 1 aromatic heterocycles. The fraction of sp³-hybridized carbons (Fsp3) is 0.158. The Morgan fingerprint density at radius 3 is 2.75 bits per heavy atom. The Morgan fingerprint density at radius 1 is 1.29 bits per heavy atom. The van der Waals surface area contributed by atoms with Crippen molar-refractivity contribution in [1.29, 1.82) is 0 Å². The monoisotopic (exact) mass is 448 g/mol. The number of aromatic nitrogens is 2. The van der Waals surface area contributed by atoms with Gasteiger partial charge in [0, 0.05) is 9.32 Å². The molecule has 0 spiro atoms. The zero-order chi connectivity index (χ0) is 17.3. The van der Waals surface area contributed by atoms with Crippen molar-refractivity contribution in [2.75, 3.05) is 5.75 Å². The summed E-state index contributed by atoms with van der Waals surface area (Å²) in [5.74, 6) is 0.730. The molecule has 2 aromatic carbocycles. The molecule has 0 amide bonds. The number of fused-ring (bicyclic) bond motifs is 1. The van der Waals surface area contributed by atoms with Gasteiger partial charge in [-0.15, -0.1) is 0 Å². The highest BCUT2D eigenvalue weighted by Gasteiger charge is 2.15. The minimum absolute atomic E-state index is 0.0305. The first kappa shape index (κ1) is 17.2. The second kappa shape index (κ2) is 7.11. The third-order valence-corrected chi connectivity index (χ3v) is 5.44. The highest BCUT2D eigenvalue weighted by Crippen LogP contribution is 2.24. The normalized spacial score (nSPS) is 11.0. The average molecular weight is 448 g/mol. The molecule has 0 unspecified atom stereocenters. The predicted molar refractivity (Wildman–Crippen MR) is 110 cm³/mol. The van der Waals surface area contributed by atoms with Gasteiger partial charge in [0.2, 0.25) is 0 Å². The lowest BCUT2D eigenvalue weighted by atomic mass is 10.2. The third kappa shape index (κ3) is 3.42. The average Bonchev–Trinajstić information content (AvgIpc) is 2.55. The molecule has 0 aliphatic carbocycles. The van der Waals surface area contributed by atoms with E-state index in [0.717, 1.165) is 31.7 Å². The van der Waals surface area contributed by atoms with Crippen LogP contribution in [0.4, 0.5) is 0 Å². The molecule has 0 saturated heterocycles. The summed E-state index contributed by atoms with van der Waals surface area (Å²) in [6.45, 7) is 7.94. The number of para-hydroxylation sites is 1. The zero-order valence-electron chi connectivity index (χ0n) is 13.5. The van der Waals surface area contributed by atoms with Crippen molar-refractivity contribution in [2.24, 2.45) is 0 Å². The van der Waals surface area contributed by atoms with Crippen LogP contribution < -0.4 is 5.56 Å². The van der Waals surface area contributed by atoms with Crippen LogP contribution in [0.25, 0.3) is 16.6 Å². The van der Waals surface area contributed by atoms with E-state index in [0.29, 0.717) is 10.5 Å². The van der Waals surface area contributed by atoms with Gasteiger partial charge in [0.25, 0.3) is 5.56 Å². The van der Waals surface area contributed by atoms with Crippen LogP contribution in [0.5, 0.6) is 0 Å². The molecule has 3 aromatic rings. The highest BCUT2D eigenvalue weighted by molar-refractivity contribution is 14.1. The molecule has 24 heavy (non-hydrogen) atoms. The molecule has 0 saturated carbocycles. The standard InChI is InChI=1S/C19H17IN2OS/c1-12(2)11-24-19-21-16-9-8-14(20)10-15(16)18(23)22(19)17-7-5-4-6-13(17)3/h4-10H,1,11H2,2-3H3. The minimum Gasteiger partial charge on any atom is -0.268 e. The highest BCUT2D eigenvalue weighted by atomic mass is 127. The van der Waals surface area contributed by atoms with Crippen molar-refractivity contribution in [3.05, 3.63) is 74.1 Å². The Labute approximate surface area is 159 Å². The van der Waals surface area contributed by atoms with E-state index in [4.69, 9.17) is 4.98 Å². The number of nitrogens with zero attached hydrogens (tertiary/aromatic N) is 2. The first-order chi connectivity index (χ1) is 11.5. The van der Waals surface area contributed by atoms with Gasteiger partial charge in [-0.1, -0.05) is 42.1 Å². The summed E-state index contributed by atoms with van der Waals surface area (Å²) in [7, 11) is 0. The van der Waals surface area contributed by atoms with Gasteiger partial charge in [0.05, 0.1) is 16.6 Å². The molecule has 1 heterocycles.